The molecule has 2 atom stereocenters. The predicted molar refractivity (Wildman–Crippen MR) is 119 cm³/mol. The molecule has 0 aliphatic carbocycles. The van der Waals surface area contributed by atoms with Gasteiger partial charge in [-0.1, -0.05) is 78.2 Å². The Labute approximate surface area is 178 Å². The van der Waals surface area contributed by atoms with E-state index >= 15 is 0 Å². The van der Waals surface area contributed by atoms with Crippen molar-refractivity contribution in [3.8, 4) is 0 Å². The summed E-state index contributed by atoms with van der Waals surface area (Å²) in [6.45, 7) is 11.2. The second kappa shape index (κ2) is 17.4. The molecule has 0 saturated heterocycles. The van der Waals surface area contributed by atoms with Crippen LogP contribution in [0.1, 0.15) is 112 Å². The van der Waals surface area contributed by atoms with Crippen LogP contribution < -0.4 is 0 Å². The summed E-state index contributed by atoms with van der Waals surface area (Å²) in [7, 11) is 0. The van der Waals surface area contributed by atoms with Crippen LogP contribution in [-0.4, -0.2) is 18.2 Å². The average Bonchev–Trinajstić information content (AvgIpc) is 2.61. The van der Waals surface area contributed by atoms with Crippen molar-refractivity contribution in [2.45, 2.75) is 112 Å². The van der Waals surface area contributed by atoms with Gasteiger partial charge in [-0.3, -0.25) is 4.79 Å². The maximum atomic E-state index is 11.7. The van der Waals surface area contributed by atoms with Crippen LogP contribution in [0.15, 0.2) is 11.6 Å². The minimum atomic E-state index is -0.599. The van der Waals surface area contributed by atoms with E-state index in [4.69, 9.17) is 4.74 Å². The monoisotopic (exact) mass is 408 g/mol. The topological polar surface area (TPSA) is 60.4 Å². The van der Waals surface area contributed by atoms with Gasteiger partial charge in [-0.25, -0.2) is 4.79 Å². The summed E-state index contributed by atoms with van der Waals surface area (Å²) in [5.74, 6) is 1.19. The fraction of sp³-hybridized carbons (Fsp3) is 0.800. The smallest absolute Gasteiger partial charge is 0.338 e. The standard InChI is InChI=1S/C25H44O4/c1-20(2)11-8-12-21(3)13-9-14-22(4)15-10-16-23(5)19-25(28)29-24(27)17-6-7-18-26/h18-22H,6-17H2,1-5H3/b23-19+/t21-,22-/m1/s1. The van der Waals surface area contributed by atoms with Gasteiger partial charge in [0.25, 0.3) is 0 Å². The maximum absolute atomic E-state index is 11.7. The molecule has 0 heterocycles. The van der Waals surface area contributed by atoms with Crippen LogP contribution in [0.5, 0.6) is 0 Å². The third-order valence-corrected chi connectivity index (χ3v) is 5.42. The summed E-state index contributed by atoms with van der Waals surface area (Å²) in [6, 6.07) is 0. The van der Waals surface area contributed by atoms with E-state index in [1.54, 1.807) is 0 Å². The van der Waals surface area contributed by atoms with Crippen molar-refractivity contribution in [1.82, 2.24) is 0 Å². The molecular weight excluding hydrogens is 364 g/mol. The molecule has 0 amide bonds. The van der Waals surface area contributed by atoms with Gasteiger partial charge in [0, 0.05) is 18.9 Å². The second-order valence-corrected chi connectivity index (χ2v) is 9.20. The van der Waals surface area contributed by atoms with Crippen molar-refractivity contribution in [2.75, 3.05) is 0 Å². The fourth-order valence-corrected chi connectivity index (χ4v) is 3.50. The highest BCUT2D eigenvalue weighted by Gasteiger charge is 2.09. The lowest BCUT2D eigenvalue weighted by atomic mass is 9.91. The molecule has 0 spiro atoms. The van der Waals surface area contributed by atoms with E-state index in [0.717, 1.165) is 43.0 Å². The number of carbonyl (C=O) groups excluding carboxylic acids is 3. The summed E-state index contributed by atoms with van der Waals surface area (Å²) in [5, 5.41) is 0. The van der Waals surface area contributed by atoms with Crippen LogP contribution in [0, 0.1) is 17.8 Å². The first-order valence-electron chi connectivity index (χ1n) is 11.6. The van der Waals surface area contributed by atoms with E-state index in [-0.39, 0.29) is 6.42 Å². The van der Waals surface area contributed by atoms with E-state index in [2.05, 4.69) is 27.7 Å². The van der Waals surface area contributed by atoms with Gasteiger partial charge < -0.3 is 9.53 Å². The van der Waals surface area contributed by atoms with E-state index in [9.17, 15) is 14.4 Å². The molecule has 0 bridgehead atoms. The zero-order valence-electron chi connectivity index (χ0n) is 19.5. The van der Waals surface area contributed by atoms with Crippen LogP contribution in [-0.2, 0) is 19.1 Å². The van der Waals surface area contributed by atoms with Gasteiger partial charge in [-0.15, -0.1) is 0 Å². The minimum Gasteiger partial charge on any atom is -0.390 e. The number of hydrogen-bond donors (Lipinski definition) is 0. The third-order valence-electron chi connectivity index (χ3n) is 5.42. The Morgan fingerprint density at radius 2 is 1.34 bits per heavy atom. The molecule has 4 heteroatoms. The van der Waals surface area contributed by atoms with Crippen LogP contribution in [0.2, 0.25) is 0 Å². The maximum Gasteiger partial charge on any atom is 0.338 e. The molecule has 0 N–H and O–H groups in total. The molecular formula is C25H44O4. The Balaban J connectivity index is 3.86. The first kappa shape index (κ1) is 27.5. The number of aldehydes is 1. The van der Waals surface area contributed by atoms with Gasteiger partial charge in [-0.2, -0.15) is 0 Å². The van der Waals surface area contributed by atoms with E-state index in [1.165, 1.54) is 44.6 Å². The van der Waals surface area contributed by atoms with E-state index < -0.39 is 11.9 Å². The molecule has 0 saturated carbocycles. The molecule has 0 fully saturated rings. The van der Waals surface area contributed by atoms with Crippen LogP contribution in [0.25, 0.3) is 0 Å². The molecule has 0 aliphatic heterocycles. The molecule has 168 valence electrons. The van der Waals surface area contributed by atoms with Crippen molar-refractivity contribution in [3.63, 3.8) is 0 Å². The first-order chi connectivity index (χ1) is 13.7. The van der Waals surface area contributed by atoms with E-state index in [1.807, 2.05) is 6.92 Å². The molecule has 0 aromatic carbocycles. The zero-order valence-corrected chi connectivity index (χ0v) is 19.5. The number of ether oxygens (including phenoxy) is 1. The Morgan fingerprint density at radius 3 is 1.90 bits per heavy atom. The van der Waals surface area contributed by atoms with Gasteiger partial charge in [-0.05, 0) is 43.9 Å². The molecule has 0 rings (SSSR count). The average molecular weight is 409 g/mol. The Bertz CT molecular complexity index is 493. The second-order valence-electron chi connectivity index (χ2n) is 9.20. The normalized spacial score (nSPS) is 13.9. The highest BCUT2D eigenvalue weighted by Crippen LogP contribution is 2.22. The lowest BCUT2D eigenvalue weighted by molar-refractivity contribution is -0.156. The SMILES string of the molecule is C/C(=C\C(=O)OC(=O)CCCC=O)CCC[C@H](C)CCC[C@H](C)CCCC(C)C. The molecule has 0 unspecified atom stereocenters. The quantitative estimate of drug-likeness (QED) is 0.0871. The number of hydrogen-bond acceptors (Lipinski definition) is 4. The highest BCUT2D eigenvalue weighted by atomic mass is 16.6. The van der Waals surface area contributed by atoms with Crippen LogP contribution in [0.4, 0.5) is 0 Å². The zero-order chi connectivity index (χ0) is 22.1. The number of carbonyl (C=O) groups is 3. The summed E-state index contributed by atoms with van der Waals surface area (Å²) in [6.07, 6.45) is 14.0. The summed E-state index contributed by atoms with van der Waals surface area (Å²) in [5.41, 5.74) is 0.946. The Kier molecular flexibility index (Phi) is 16.5. The minimum absolute atomic E-state index is 0.102. The van der Waals surface area contributed by atoms with Gasteiger partial charge in [0.2, 0.25) is 0 Å². The van der Waals surface area contributed by atoms with Gasteiger partial charge >= 0.3 is 11.9 Å². The van der Waals surface area contributed by atoms with Crippen molar-refractivity contribution in [2.24, 2.45) is 17.8 Å². The van der Waals surface area contributed by atoms with E-state index in [0.29, 0.717) is 18.8 Å². The number of rotatable bonds is 17. The number of esters is 2. The molecule has 0 radical (unpaired) electrons. The lowest BCUT2D eigenvalue weighted by Gasteiger charge is -2.15. The van der Waals surface area contributed by atoms with Gasteiger partial charge in [0.1, 0.15) is 6.29 Å². The fourth-order valence-electron chi connectivity index (χ4n) is 3.50. The summed E-state index contributed by atoms with van der Waals surface area (Å²) < 4.78 is 4.74. The Hall–Kier alpha value is -1.45. The van der Waals surface area contributed by atoms with Crippen molar-refractivity contribution >= 4 is 18.2 Å². The molecule has 0 aromatic rings. The molecule has 0 aliphatic rings. The number of allylic oxidation sites excluding steroid dienone is 1. The largest absolute Gasteiger partial charge is 0.390 e. The van der Waals surface area contributed by atoms with Crippen molar-refractivity contribution in [3.05, 3.63) is 11.6 Å². The third kappa shape index (κ3) is 18.3. The lowest BCUT2D eigenvalue weighted by Crippen LogP contribution is -2.10. The highest BCUT2D eigenvalue weighted by molar-refractivity contribution is 5.92. The summed E-state index contributed by atoms with van der Waals surface area (Å²) >= 11 is 0. The van der Waals surface area contributed by atoms with Crippen LogP contribution >= 0.6 is 0 Å². The van der Waals surface area contributed by atoms with Gasteiger partial charge in [0.15, 0.2) is 0 Å². The van der Waals surface area contributed by atoms with Crippen LogP contribution in [0.3, 0.4) is 0 Å². The molecule has 0 aromatic heterocycles. The number of unbranched alkanes of at least 4 members (excludes halogenated alkanes) is 1. The Morgan fingerprint density at radius 1 is 0.793 bits per heavy atom. The molecule has 4 nitrogen and oxygen atoms in total. The van der Waals surface area contributed by atoms with Gasteiger partial charge in [0.05, 0.1) is 0 Å². The van der Waals surface area contributed by atoms with Crippen molar-refractivity contribution < 1.29 is 19.1 Å². The van der Waals surface area contributed by atoms with Crippen molar-refractivity contribution in [1.29, 1.82) is 0 Å². The summed E-state index contributed by atoms with van der Waals surface area (Å²) in [4.78, 5) is 33.4. The predicted octanol–water partition coefficient (Wildman–Crippen LogP) is 6.81. The first-order valence-corrected chi connectivity index (χ1v) is 11.6. The molecule has 29 heavy (non-hydrogen) atoms.